The number of aryl methyl sites for hydroxylation is 2. The first-order valence-corrected chi connectivity index (χ1v) is 7.52. The van der Waals surface area contributed by atoms with Crippen molar-refractivity contribution in [2.45, 2.75) is 32.4 Å². The highest BCUT2D eigenvalue weighted by Gasteiger charge is 2.18. The third-order valence-corrected chi connectivity index (χ3v) is 4.63. The van der Waals surface area contributed by atoms with Crippen LogP contribution in [0.25, 0.3) is 0 Å². The van der Waals surface area contributed by atoms with Crippen molar-refractivity contribution in [3.8, 4) is 0 Å². The van der Waals surface area contributed by atoms with Crippen molar-refractivity contribution in [2.24, 2.45) is 4.99 Å². The number of rotatable bonds is 2. The quantitative estimate of drug-likeness (QED) is 0.877. The van der Waals surface area contributed by atoms with E-state index in [1.54, 1.807) is 0 Å². The zero-order valence-electron chi connectivity index (χ0n) is 10.4. The SMILES string of the molecule is CCC1CN=C(Nc2c(C)cc(Br)cc2C)S1. The van der Waals surface area contributed by atoms with Crippen LogP contribution >= 0.6 is 27.7 Å². The summed E-state index contributed by atoms with van der Waals surface area (Å²) in [5.41, 5.74) is 3.69. The summed E-state index contributed by atoms with van der Waals surface area (Å²) in [4.78, 5) is 4.54. The average Bonchev–Trinajstić information content (AvgIpc) is 2.71. The summed E-state index contributed by atoms with van der Waals surface area (Å²) in [6.07, 6.45) is 1.18. The molecule has 1 N–H and O–H groups in total. The molecule has 1 aromatic rings. The number of benzene rings is 1. The molecule has 1 unspecified atom stereocenters. The fourth-order valence-corrected chi connectivity index (χ4v) is 3.54. The number of amidine groups is 1. The number of hydrogen-bond acceptors (Lipinski definition) is 3. The lowest BCUT2D eigenvalue weighted by Gasteiger charge is -2.13. The first-order chi connectivity index (χ1) is 8.10. The summed E-state index contributed by atoms with van der Waals surface area (Å²) in [5.74, 6) is 0. The van der Waals surface area contributed by atoms with E-state index in [0.29, 0.717) is 5.25 Å². The monoisotopic (exact) mass is 312 g/mol. The standard InChI is InChI=1S/C13H17BrN2S/c1-4-11-7-15-13(17-11)16-12-8(2)5-10(14)6-9(12)3/h5-6,11H,4,7H2,1-3H3,(H,15,16). The first kappa shape index (κ1) is 13.0. The van der Waals surface area contributed by atoms with Crippen molar-refractivity contribution in [1.82, 2.24) is 0 Å². The maximum absolute atomic E-state index is 4.54. The first-order valence-electron chi connectivity index (χ1n) is 5.85. The van der Waals surface area contributed by atoms with E-state index in [9.17, 15) is 0 Å². The van der Waals surface area contributed by atoms with Crippen molar-refractivity contribution in [3.63, 3.8) is 0 Å². The number of anilines is 1. The molecule has 17 heavy (non-hydrogen) atoms. The second-order valence-corrected chi connectivity index (χ2v) is 6.54. The molecule has 1 aliphatic heterocycles. The molecule has 0 fully saturated rings. The van der Waals surface area contributed by atoms with Gasteiger partial charge in [0.15, 0.2) is 5.17 Å². The molecule has 0 saturated carbocycles. The fraction of sp³-hybridized carbons (Fsp3) is 0.462. The minimum atomic E-state index is 0.647. The third-order valence-electron chi connectivity index (χ3n) is 2.90. The maximum atomic E-state index is 4.54. The fourth-order valence-electron chi connectivity index (χ4n) is 1.91. The summed E-state index contributed by atoms with van der Waals surface area (Å²) >= 11 is 5.37. The Labute approximate surface area is 115 Å². The lowest BCUT2D eigenvalue weighted by atomic mass is 10.1. The number of aliphatic imine (C=N–C) groups is 1. The van der Waals surface area contributed by atoms with E-state index in [-0.39, 0.29) is 0 Å². The molecule has 0 spiro atoms. The van der Waals surface area contributed by atoms with Gasteiger partial charge in [0.05, 0.1) is 6.54 Å². The van der Waals surface area contributed by atoms with Gasteiger partial charge in [-0.1, -0.05) is 34.6 Å². The second kappa shape index (κ2) is 5.44. The van der Waals surface area contributed by atoms with Crippen LogP contribution in [-0.4, -0.2) is 17.0 Å². The Morgan fingerprint density at radius 3 is 2.59 bits per heavy atom. The van der Waals surface area contributed by atoms with Gasteiger partial charge in [0.2, 0.25) is 0 Å². The molecule has 1 heterocycles. The van der Waals surface area contributed by atoms with E-state index in [0.717, 1.165) is 16.2 Å². The molecule has 1 aliphatic rings. The van der Waals surface area contributed by atoms with E-state index < -0.39 is 0 Å². The predicted octanol–water partition coefficient (Wildman–Crippen LogP) is 4.36. The van der Waals surface area contributed by atoms with Crippen LogP contribution in [0.1, 0.15) is 24.5 Å². The summed E-state index contributed by atoms with van der Waals surface area (Å²) < 4.78 is 1.13. The Morgan fingerprint density at radius 1 is 1.41 bits per heavy atom. The molecule has 0 radical (unpaired) electrons. The molecular weight excluding hydrogens is 296 g/mol. The Morgan fingerprint density at radius 2 is 2.06 bits per heavy atom. The largest absolute Gasteiger partial charge is 0.335 e. The molecule has 0 amide bonds. The lowest BCUT2D eigenvalue weighted by Crippen LogP contribution is -2.09. The minimum Gasteiger partial charge on any atom is -0.335 e. The van der Waals surface area contributed by atoms with Gasteiger partial charge in [-0.25, -0.2) is 0 Å². The topological polar surface area (TPSA) is 24.4 Å². The Hall–Kier alpha value is -0.480. The molecule has 2 rings (SSSR count). The van der Waals surface area contributed by atoms with Crippen LogP contribution in [0.3, 0.4) is 0 Å². The average molecular weight is 313 g/mol. The number of hydrogen-bond donors (Lipinski definition) is 1. The number of nitrogens with one attached hydrogen (secondary N) is 1. The molecule has 0 saturated heterocycles. The number of nitrogens with zero attached hydrogens (tertiary/aromatic N) is 1. The zero-order chi connectivity index (χ0) is 12.4. The third kappa shape index (κ3) is 3.05. The van der Waals surface area contributed by atoms with Crippen molar-refractivity contribution in [3.05, 3.63) is 27.7 Å². The Bertz CT molecular complexity index is 434. The van der Waals surface area contributed by atoms with E-state index in [1.807, 2.05) is 11.8 Å². The second-order valence-electron chi connectivity index (χ2n) is 4.33. The van der Waals surface area contributed by atoms with E-state index in [1.165, 1.54) is 23.2 Å². The van der Waals surface area contributed by atoms with Gasteiger partial charge in [0.1, 0.15) is 0 Å². The van der Waals surface area contributed by atoms with Crippen molar-refractivity contribution in [1.29, 1.82) is 0 Å². The molecule has 1 atom stereocenters. The number of halogens is 1. The van der Waals surface area contributed by atoms with Crippen LogP contribution in [0.2, 0.25) is 0 Å². The minimum absolute atomic E-state index is 0.647. The molecule has 0 aliphatic carbocycles. The van der Waals surface area contributed by atoms with Gasteiger partial charge in [0.25, 0.3) is 0 Å². The normalized spacial score (nSPS) is 19.3. The van der Waals surface area contributed by atoms with Crippen LogP contribution in [0.15, 0.2) is 21.6 Å². The van der Waals surface area contributed by atoms with Crippen molar-refractivity contribution < 1.29 is 0 Å². The van der Waals surface area contributed by atoms with Crippen molar-refractivity contribution in [2.75, 3.05) is 11.9 Å². The summed E-state index contributed by atoms with van der Waals surface area (Å²) in [7, 11) is 0. The van der Waals surface area contributed by atoms with Gasteiger partial charge < -0.3 is 5.32 Å². The predicted molar refractivity (Wildman–Crippen MR) is 81.2 cm³/mol. The highest BCUT2D eigenvalue weighted by atomic mass is 79.9. The number of thioether (sulfide) groups is 1. The van der Waals surface area contributed by atoms with Crippen LogP contribution < -0.4 is 5.32 Å². The van der Waals surface area contributed by atoms with Gasteiger partial charge in [-0.15, -0.1) is 0 Å². The summed E-state index contributed by atoms with van der Waals surface area (Å²) in [5, 5.41) is 5.17. The summed E-state index contributed by atoms with van der Waals surface area (Å²) in [6, 6.07) is 4.26. The lowest BCUT2D eigenvalue weighted by molar-refractivity contribution is 0.843. The van der Waals surface area contributed by atoms with Gasteiger partial charge in [-0.2, -0.15) is 0 Å². The van der Waals surface area contributed by atoms with E-state index >= 15 is 0 Å². The van der Waals surface area contributed by atoms with Gasteiger partial charge in [-0.3, -0.25) is 4.99 Å². The van der Waals surface area contributed by atoms with Gasteiger partial charge in [0, 0.05) is 15.4 Å². The van der Waals surface area contributed by atoms with Gasteiger partial charge >= 0.3 is 0 Å². The van der Waals surface area contributed by atoms with E-state index in [4.69, 9.17) is 0 Å². The molecule has 0 aromatic heterocycles. The highest BCUT2D eigenvalue weighted by molar-refractivity contribution is 9.10. The van der Waals surface area contributed by atoms with Crippen LogP contribution in [0.4, 0.5) is 5.69 Å². The molecular formula is C13H17BrN2S. The molecule has 1 aromatic carbocycles. The van der Waals surface area contributed by atoms with Crippen LogP contribution in [-0.2, 0) is 0 Å². The summed E-state index contributed by atoms with van der Waals surface area (Å²) in [6.45, 7) is 7.40. The molecule has 92 valence electrons. The van der Waals surface area contributed by atoms with Crippen LogP contribution in [0.5, 0.6) is 0 Å². The molecule has 2 nitrogen and oxygen atoms in total. The smallest absolute Gasteiger partial charge is 0.161 e. The van der Waals surface area contributed by atoms with Gasteiger partial charge in [-0.05, 0) is 43.5 Å². The van der Waals surface area contributed by atoms with E-state index in [2.05, 4.69) is 59.1 Å². The zero-order valence-corrected chi connectivity index (χ0v) is 12.8. The molecule has 4 heteroatoms. The molecule has 0 bridgehead atoms. The van der Waals surface area contributed by atoms with Crippen LogP contribution in [0, 0.1) is 13.8 Å². The maximum Gasteiger partial charge on any atom is 0.161 e. The Balaban J connectivity index is 2.15. The van der Waals surface area contributed by atoms with Crippen molar-refractivity contribution >= 4 is 38.5 Å². The highest BCUT2D eigenvalue weighted by Crippen LogP contribution is 2.29. The Kier molecular flexibility index (Phi) is 4.15.